The van der Waals surface area contributed by atoms with Crippen molar-refractivity contribution in [3.05, 3.63) is 84.7 Å². The Morgan fingerprint density at radius 2 is 1.66 bits per heavy atom. The minimum atomic E-state index is -0.226. The number of aryl methyl sites for hydroxylation is 1. The van der Waals surface area contributed by atoms with Crippen molar-refractivity contribution in [3.63, 3.8) is 0 Å². The Hall–Kier alpha value is -4.20. The van der Waals surface area contributed by atoms with Crippen LogP contribution in [0.3, 0.4) is 0 Å². The number of carbonyl (C=O) groups excluding carboxylic acids is 1. The Labute approximate surface area is 167 Å². The zero-order valence-electron chi connectivity index (χ0n) is 15.6. The van der Waals surface area contributed by atoms with Crippen molar-refractivity contribution >= 4 is 34.7 Å². The van der Waals surface area contributed by atoms with Gasteiger partial charge >= 0.3 is 0 Å². The number of pyridine rings is 1. The lowest BCUT2D eigenvalue weighted by molar-refractivity contribution is 0.102. The summed E-state index contributed by atoms with van der Waals surface area (Å²) in [5.41, 5.74) is 1.97. The van der Waals surface area contributed by atoms with Gasteiger partial charge < -0.3 is 20.4 Å². The summed E-state index contributed by atoms with van der Waals surface area (Å²) in [4.78, 5) is 25.1. The lowest BCUT2D eigenvalue weighted by Gasteiger charge is -2.10. The average Bonchev–Trinajstić information content (AvgIpc) is 3.25. The Morgan fingerprint density at radius 1 is 0.897 bits per heavy atom. The summed E-state index contributed by atoms with van der Waals surface area (Å²) in [5.74, 6) is 2.39. The number of nitrogens with zero attached hydrogens (tertiary/aromatic N) is 3. The van der Waals surface area contributed by atoms with Crippen LogP contribution in [-0.4, -0.2) is 20.9 Å². The minimum absolute atomic E-state index is 0.226. The third-order valence-corrected chi connectivity index (χ3v) is 3.96. The first-order valence-corrected chi connectivity index (χ1v) is 8.90. The SMILES string of the molecule is Cc1nc(Nc2ccc(NC(=O)c3ccoc3)cc2)cc(Nc2ccccn2)n1. The van der Waals surface area contributed by atoms with Crippen LogP contribution in [0, 0.1) is 6.92 Å². The van der Waals surface area contributed by atoms with Gasteiger partial charge in [0.15, 0.2) is 0 Å². The molecule has 3 N–H and O–H groups in total. The van der Waals surface area contributed by atoms with E-state index in [1.165, 1.54) is 12.5 Å². The number of amides is 1. The molecule has 8 heteroatoms. The first kappa shape index (κ1) is 18.2. The smallest absolute Gasteiger partial charge is 0.258 e. The molecule has 0 aliphatic heterocycles. The van der Waals surface area contributed by atoms with Crippen molar-refractivity contribution in [2.75, 3.05) is 16.0 Å². The van der Waals surface area contributed by atoms with Crippen molar-refractivity contribution in [2.45, 2.75) is 6.92 Å². The first-order valence-electron chi connectivity index (χ1n) is 8.90. The number of rotatable bonds is 6. The number of anilines is 5. The molecule has 1 amide bonds. The van der Waals surface area contributed by atoms with E-state index in [4.69, 9.17) is 4.42 Å². The largest absolute Gasteiger partial charge is 0.472 e. The van der Waals surface area contributed by atoms with E-state index in [-0.39, 0.29) is 5.91 Å². The number of furan rings is 1. The molecule has 144 valence electrons. The third-order valence-electron chi connectivity index (χ3n) is 3.96. The Morgan fingerprint density at radius 3 is 2.34 bits per heavy atom. The van der Waals surface area contributed by atoms with E-state index in [0.29, 0.717) is 34.5 Å². The molecule has 0 unspecified atom stereocenters. The highest BCUT2D eigenvalue weighted by molar-refractivity contribution is 6.04. The summed E-state index contributed by atoms with van der Waals surface area (Å²) in [6, 6.07) is 16.3. The van der Waals surface area contributed by atoms with Gasteiger partial charge in [-0.3, -0.25) is 4.79 Å². The topological polar surface area (TPSA) is 105 Å². The summed E-state index contributed by atoms with van der Waals surface area (Å²) in [7, 11) is 0. The number of nitrogens with one attached hydrogen (secondary N) is 3. The van der Waals surface area contributed by atoms with E-state index >= 15 is 0 Å². The predicted octanol–water partition coefficient (Wildman–Crippen LogP) is 4.51. The van der Waals surface area contributed by atoms with Gasteiger partial charge in [-0.15, -0.1) is 0 Å². The maximum absolute atomic E-state index is 12.1. The van der Waals surface area contributed by atoms with Crippen LogP contribution in [0.2, 0.25) is 0 Å². The van der Waals surface area contributed by atoms with Crippen LogP contribution >= 0.6 is 0 Å². The van der Waals surface area contributed by atoms with Crippen LogP contribution in [0.4, 0.5) is 28.8 Å². The van der Waals surface area contributed by atoms with Crippen molar-refractivity contribution < 1.29 is 9.21 Å². The highest BCUT2D eigenvalue weighted by atomic mass is 16.3. The van der Waals surface area contributed by atoms with Gasteiger partial charge in [0.05, 0.1) is 11.8 Å². The number of hydrogen-bond acceptors (Lipinski definition) is 7. The fraction of sp³-hybridized carbons (Fsp3) is 0.0476. The summed E-state index contributed by atoms with van der Waals surface area (Å²) in [5, 5.41) is 9.21. The predicted molar refractivity (Wildman–Crippen MR) is 111 cm³/mol. The summed E-state index contributed by atoms with van der Waals surface area (Å²) in [6.07, 6.45) is 4.57. The molecule has 0 aliphatic rings. The van der Waals surface area contributed by atoms with Crippen molar-refractivity contribution in [1.29, 1.82) is 0 Å². The Bertz CT molecular complexity index is 1100. The molecule has 0 atom stereocenters. The Kier molecular flexibility index (Phi) is 5.15. The van der Waals surface area contributed by atoms with Crippen molar-refractivity contribution in [1.82, 2.24) is 15.0 Å². The second kappa shape index (κ2) is 8.22. The van der Waals surface area contributed by atoms with E-state index in [1.54, 1.807) is 30.5 Å². The number of benzene rings is 1. The van der Waals surface area contributed by atoms with Crippen molar-refractivity contribution in [2.24, 2.45) is 0 Å². The normalized spacial score (nSPS) is 10.4. The molecule has 0 saturated heterocycles. The number of carbonyl (C=O) groups is 1. The van der Waals surface area contributed by atoms with Gasteiger partial charge in [0.25, 0.3) is 5.91 Å². The molecule has 8 nitrogen and oxygen atoms in total. The molecule has 0 spiro atoms. The molecule has 3 aromatic heterocycles. The standard InChI is InChI=1S/C21H18N6O2/c1-14-23-19(12-20(24-14)27-18-4-2-3-10-22-18)25-16-5-7-17(8-6-16)26-21(28)15-9-11-29-13-15/h2-13H,1H3,(H,26,28)(H2,22,23,24,25,27). The second-order valence-electron chi connectivity index (χ2n) is 6.19. The van der Waals surface area contributed by atoms with E-state index in [9.17, 15) is 4.79 Å². The maximum atomic E-state index is 12.1. The lowest BCUT2D eigenvalue weighted by Crippen LogP contribution is -2.10. The molecule has 29 heavy (non-hydrogen) atoms. The summed E-state index contributed by atoms with van der Waals surface area (Å²) < 4.78 is 4.92. The molecular formula is C21H18N6O2. The van der Waals surface area contributed by atoms with E-state index < -0.39 is 0 Å². The Balaban J connectivity index is 1.44. The summed E-state index contributed by atoms with van der Waals surface area (Å²) >= 11 is 0. The zero-order valence-corrected chi connectivity index (χ0v) is 15.6. The second-order valence-corrected chi connectivity index (χ2v) is 6.19. The number of aromatic nitrogens is 3. The molecule has 4 rings (SSSR count). The first-order chi connectivity index (χ1) is 14.2. The van der Waals surface area contributed by atoms with Gasteiger partial charge in [0, 0.05) is 23.6 Å². The van der Waals surface area contributed by atoms with E-state index in [0.717, 1.165) is 5.69 Å². The molecule has 3 heterocycles. The molecule has 0 radical (unpaired) electrons. The van der Waals surface area contributed by atoms with Crippen LogP contribution in [0.5, 0.6) is 0 Å². The van der Waals surface area contributed by atoms with E-state index in [1.807, 2.05) is 37.3 Å². The quantitative estimate of drug-likeness (QED) is 0.448. The fourth-order valence-corrected chi connectivity index (χ4v) is 2.65. The molecule has 0 fully saturated rings. The molecule has 0 aliphatic carbocycles. The van der Waals surface area contributed by atoms with Crippen LogP contribution in [0.15, 0.2) is 77.7 Å². The van der Waals surface area contributed by atoms with Gasteiger partial charge in [0.2, 0.25) is 0 Å². The number of hydrogen-bond donors (Lipinski definition) is 3. The van der Waals surface area contributed by atoms with E-state index in [2.05, 4.69) is 30.9 Å². The van der Waals surface area contributed by atoms with Crippen LogP contribution < -0.4 is 16.0 Å². The van der Waals surface area contributed by atoms with Crippen LogP contribution in [0.25, 0.3) is 0 Å². The van der Waals surface area contributed by atoms with Gasteiger partial charge in [-0.25, -0.2) is 15.0 Å². The molecule has 0 saturated carbocycles. The minimum Gasteiger partial charge on any atom is -0.472 e. The maximum Gasteiger partial charge on any atom is 0.258 e. The van der Waals surface area contributed by atoms with Crippen LogP contribution in [0.1, 0.15) is 16.2 Å². The lowest BCUT2D eigenvalue weighted by atomic mass is 10.2. The van der Waals surface area contributed by atoms with Gasteiger partial charge in [0.1, 0.15) is 29.5 Å². The third kappa shape index (κ3) is 4.75. The van der Waals surface area contributed by atoms with Crippen molar-refractivity contribution in [3.8, 4) is 0 Å². The monoisotopic (exact) mass is 386 g/mol. The molecule has 4 aromatic rings. The highest BCUT2D eigenvalue weighted by Gasteiger charge is 2.08. The summed E-state index contributed by atoms with van der Waals surface area (Å²) in [6.45, 7) is 1.82. The average molecular weight is 386 g/mol. The molecule has 1 aromatic carbocycles. The fourth-order valence-electron chi connectivity index (χ4n) is 2.65. The highest BCUT2D eigenvalue weighted by Crippen LogP contribution is 2.21. The van der Waals surface area contributed by atoms with Gasteiger partial charge in [-0.1, -0.05) is 6.07 Å². The molecular weight excluding hydrogens is 368 g/mol. The van der Waals surface area contributed by atoms with Gasteiger partial charge in [-0.05, 0) is 49.4 Å². The van der Waals surface area contributed by atoms with Gasteiger partial charge in [-0.2, -0.15) is 0 Å². The zero-order chi connectivity index (χ0) is 20.1. The molecule has 0 bridgehead atoms. The van der Waals surface area contributed by atoms with Crippen LogP contribution in [-0.2, 0) is 0 Å².